The number of hydrogen-bond donors (Lipinski definition) is 2. The quantitative estimate of drug-likeness (QED) is 0.891. The first-order valence-corrected chi connectivity index (χ1v) is 6.85. The molecular formula is C12H11FN2O3S. The van der Waals surface area contributed by atoms with Crippen LogP contribution >= 0.6 is 0 Å². The van der Waals surface area contributed by atoms with Crippen LogP contribution in [0.3, 0.4) is 0 Å². The Hall–Kier alpha value is -1.99. The van der Waals surface area contributed by atoms with Crippen molar-refractivity contribution in [2.75, 3.05) is 4.72 Å². The molecule has 19 heavy (non-hydrogen) atoms. The van der Waals surface area contributed by atoms with Crippen molar-refractivity contribution in [3.63, 3.8) is 0 Å². The van der Waals surface area contributed by atoms with Crippen molar-refractivity contribution in [2.24, 2.45) is 0 Å². The molecule has 1 aromatic carbocycles. The number of hydrogen-bond acceptors (Lipinski definition) is 4. The molecule has 5 nitrogen and oxygen atoms in total. The van der Waals surface area contributed by atoms with E-state index in [0.717, 1.165) is 24.3 Å². The van der Waals surface area contributed by atoms with Gasteiger partial charge >= 0.3 is 0 Å². The highest BCUT2D eigenvalue weighted by Crippen LogP contribution is 2.15. The predicted molar refractivity (Wildman–Crippen MR) is 67.4 cm³/mol. The van der Waals surface area contributed by atoms with Crippen molar-refractivity contribution in [3.8, 4) is 0 Å². The standard InChI is InChI=1S/C12H11FN2O3S/c13-9-4-6-11(7-5-9)19(17,18)15-12-3-1-2-10(8-16)14-12/h1-7,16H,8H2,(H,14,15). The molecule has 1 aromatic heterocycles. The van der Waals surface area contributed by atoms with Gasteiger partial charge in [-0.05, 0) is 36.4 Å². The van der Waals surface area contributed by atoms with Crippen molar-refractivity contribution < 1.29 is 17.9 Å². The zero-order valence-electron chi connectivity index (χ0n) is 9.75. The molecule has 2 aromatic rings. The molecule has 0 atom stereocenters. The van der Waals surface area contributed by atoms with Crippen LogP contribution in [0.2, 0.25) is 0 Å². The molecule has 0 aliphatic carbocycles. The number of aliphatic hydroxyl groups excluding tert-OH is 1. The summed E-state index contributed by atoms with van der Waals surface area (Å²) < 4.78 is 39.0. The van der Waals surface area contributed by atoms with E-state index in [-0.39, 0.29) is 17.3 Å². The number of rotatable bonds is 4. The van der Waals surface area contributed by atoms with Crippen LogP contribution < -0.4 is 4.72 Å². The minimum Gasteiger partial charge on any atom is -0.390 e. The van der Waals surface area contributed by atoms with E-state index in [9.17, 15) is 12.8 Å². The lowest BCUT2D eigenvalue weighted by molar-refractivity contribution is 0.277. The number of anilines is 1. The van der Waals surface area contributed by atoms with Crippen LogP contribution in [0.5, 0.6) is 0 Å². The maximum Gasteiger partial charge on any atom is 0.263 e. The van der Waals surface area contributed by atoms with E-state index in [4.69, 9.17) is 5.11 Å². The maximum atomic E-state index is 12.7. The van der Waals surface area contributed by atoms with Crippen molar-refractivity contribution in [3.05, 3.63) is 54.0 Å². The van der Waals surface area contributed by atoms with Gasteiger partial charge in [0.1, 0.15) is 11.6 Å². The first-order chi connectivity index (χ1) is 9.01. The summed E-state index contributed by atoms with van der Waals surface area (Å²) in [6, 6.07) is 9.04. The summed E-state index contributed by atoms with van der Waals surface area (Å²) in [7, 11) is -3.82. The van der Waals surface area contributed by atoms with Gasteiger partial charge in [-0.3, -0.25) is 4.72 Å². The molecule has 0 saturated carbocycles. The number of sulfonamides is 1. The Balaban J connectivity index is 2.28. The molecular weight excluding hydrogens is 271 g/mol. The fraction of sp³-hybridized carbons (Fsp3) is 0.0833. The number of pyridine rings is 1. The molecule has 0 aliphatic heterocycles. The normalized spacial score (nSPS) is 11.3. The second-order valence-electron chi connectivity index (χ2n) is 3.73. The van der Waals surface area contributed by atoms with E-state index in [1.54, 1.807) is 12.1 Å². The Labute approximate surface area is 109 Å². The minimum atomic E-state index is -3.82. The largest absolute Gasteiger partial charge is 0.390 e. The van der Waals surface area contributed by atoms with Gasteiger partial charge in [-0.25, -0.2) is 17.8 Å². The van der Waals surface area contributed by atoms with Crippen molar-refractivity contribution in [2.45, 2.75) is 11.5 Å². The molecule has 2 N–H and O–H groups in total. The summed E-state index contributed by atoms with van der Waals surface area (Å²) in [6.45, 7) is -0.286. The lowest BCUT2D eigenvalue weighted by atomic mass is 10.3. The average Bonchev–Trinajstić information content (AvgIpc) is 2.39. The summed E-state index contributed by atoms with van der Waals surface area (Å²) in [5.74, 6) is -0.421. The Kier molecular flexibility index (Phi) is 3.77. The van der Waals surface area contributed by atoms with Crippen LogP contribution in [0.1, 0.15) is 5.69 Å². The molecule has 0 unspecified atom stereocenters. The van der Waals surface area contributed by atoms with Crippen LogP contribution in [0, 0.1) is 5.82 Å². The molecule has 100 valence electrons. The van der Waals surface area contributed by atoms with Crippen LogP contribution in [0.15, 0.2) is 47.4 Å². The minimum absolute atomic E-state index is 0.0647. The van der Waals surface area contributed by atoms with Crippen LogP contribution in [-0.2, 0) is 16.6 Å². The number of aromatic nitrogens is 1. The highest BCUT2D eigenvalue weighted by molar-refractivity contribution is 7.92. The predicted octanol–water partition coefficient (Wildman–Crippen LogP) is 1.51. The molecule has 0 radical (unpaired) electrons. The van der Waals surface area contributed by atoms with Gasteiger partial charge in [0.15, 0.2) is 0 Å². The summed E-state index contributed by atoms with van der Waals surface area (Å²) in [6.07, 6.45) is 0. The topological polar surface area (TPSA) is 79.3 Å². The third kappa shape index (κ3) is 3.27. The zero-order chi connectivity index (χ0) is 13.9. The zero-order valence-corrected chi connectivity index (χ0v) is 10.6. The van der Waals surface area contributed by atoms with Gasteiger partial charge in [0.2, 0.25) is 0 Å². The van der Waals surface area contributed by atoms with E-state index in [0.29, 0.717) is 5.69 Å². The number of nitrogens with one attached hydrogen (secondary N) is 1. The fourth-order valence-electron chi connectivity index (χ4n) is 1.43. The van der Waals surface area contributed by atoms with E-state index < -0.39 is 15.8 Å². The van der Waals surface area contributed by atoms with Gasteiger partial charge in [0.05, 0.1) is 17.2 Å². The molecule has 0 bridgehead atoms. The van der Waals surface area contributed by atoms with Gasteiger partial charge in [-0.1, -0.05) is 6.07 Å². The SMILES string of the molecule is O=S(=O)(Nc1cccc(CO)n1)c1ccc(F)cc1. The summed E-state index contributed by atoms with van der Waals surface area (Å²) >= 11 is 0. The van der Waals surface area contributed by atoms with Crippen LogP contribution in [-0.4, -0.2) is 18.5 Å². The first-order valence-electron chi connectivity index (χ1n) is 5.36. The third-order valence-electron chi connectivity index (χ3n) is 2.33. The van der Waals surface area contributed by atoms with Gasteiger partial charge in [0, 0.05) is 0 Å². The Morgan fingerprint density at radius 1 is 1.16 bits per heavy atom. The first kappa shape index (κ1) is 13.4. The maximum absolute atomic E-state index is 12.7. The lowest BCUT2D eigenvalue weighted by Crippen LogP contribution is -2.14. The second kappa shape index (κ2) is 5.33. The number of benzene rings is 1. The Bertz CT molecular complexity index is 672. The average molecular weight is 282 g/mol. The number of aliphatic hydroxyl groups is 1. The van der Waals surface area contributed by atoms with Crippen molar-refractivity contribution >= 4 is 15.8 Å². The highest BCUT2D eigenvalue weighted by Gasteiger charge is 2.14. The van der Waals surface area contributed by atoms with Crippen LogP contribution in [0.4, 0.5) is 10.2 Å². The smallest absolute Gasteiger partial charge is 0.263 e. The third-order valence-corrected chi connectivity index (χ3v) is 3.70. The molecule has 0 spiro atoms. The van der Waals surface area contributed by atoms with Gasteiger partial charge in [-0.15, -0.1) is 0 Å². The summed E-state index contributed by atoms with van der Waals surface area (Å²) in [5, 5.41) is 8.93. The molecule has 1 heterocycles. The second-order valence-corrected chi connectivity index (χ2v) is 5.41. The lowest BCUT2D eigenvalue weighted by Gasteiger charge is -2.08. The molecule has 0 aliphatic rings. The van der Waals surface area contributed by atoms with Crippen molar-refractivity contribution in [1.29, 1.82) is 0 Å². The fourth-order valence-corrected chi connectivity index (χ4v) is 2.44. The van der Waals surface area contributed by atoms with E-state index >= 15 is 0 Å². The summed E-state index contributed by atoms with van der Waals surface area (Å²) in [4.78, 5) is 3.84. The van der Waals surface area contributed by atoms with E-state index in [2.05, 4.69) is 9.71 Å². The van der Waals surface area contributed by atoms with Gasteiger partial charge < -0.3 is 5.11 Å². The highest BCUT2D eigenvalue weighted by atomic mass is 32.2. The number of nitrogens with zero attached hydrogens (tertiary/aromatic N) is 1. The molecule has 0 saturated heterocycles. The molecule has 0 fully saturated rings. The van der Waals surface area contributed by atoms with Crippen LogP contribution in [0.25, 0.3) is 0 Å². The molecule has 7 heteroatoms. The van der Waals surface area contributed by atoms with E-state index in [1.165, 1.54) is 6.07 Å². The molecule has 0 amide bonds. The molecule has 2 rings (SSSR count). The van der Waals surface area contributed by atoms with Gasteiger partial charge in [-0.2, -0.15) is 0 Å². The van der Waals surface area contributed by atoms with E-state index in [1.807, 2.05) is 0 Å². The van der Waals surface area contributed by atoms with Gasteiger partial charge in [0.25, 0.3) is 10.0 Å². The monoisotopic (exact) mass is 282 g/mol. The Morgan fingerprint density at radius 3 is 2.47 bits per heavy atom. The number of halogens is 1. The van der Waals surface area contributed by atoms with Crippen molar-refractivity contribution in [1.82, 2.24) is 4.98 Å². The Morgan fingerprint density at radius 2 is 1.84 bits per heavy atom. The summed E-state index contributed by atoms with van der Waals surface area (Å²) in [5.41, 5.74) is 0.347.